The highest BCUT2D eigenvalue weighted by molar-refractivity contribution is 7.89. The summed E-state index contributed by atoms with van der Waals surface area (Å²) in [6, 6.07) is 0.185. The van der Waals surface area contributed by atoms with Crippen LogP contribution >= 0.6 is 12.2 Å². The lowest BCUT2D eigenvalue weighted by atomic mass is 9.94. The van der Waals surface area contributed by atoms with Crippen LogP contribution in [0.4, 0.5) is 0 Å². The summed E-state index contributed by atoms with van der Waals surface area (Å²) < 4.78 is 26.2. The molecule has 0 bridgehead atoms. The maximum atomic E-state index is 12.3. The van der Waals surface area contributed by atoms with Crippen molar-refractivity contribution in [2.45, 2.75) is 52.5 Å². The van der Waals surface area contributed by atoms with E-state index in [9.17, 15) is 8.42 Å². The summed E-state index contributed by atoms with van der Waals surface area (Å²) in [6.45, 7) is 6.60. The van der Waals surface area contributed by atoms with Crippen LogP contribution in [0.3, 0.4) is 0 Å². The van der Waals surface area contributed by atoms with Crippen LogP contribution in [0, 0.1) is 5.41 Å². The molecule has 0 heterocycles. The maximum Gasteiger partial charge on any atom is 0.214 e. The molecule has 0 radical (unpaired) electrons. The Morgan fingerprint density at radius 2 is 1.94 bits per heavy atom. The fourth-order valence-corrected chi connectivity index (χ4v) is 3.91. The minimum Gasteiger partial charge on any atom is -0.393 e. The molecule has 0 amide bonds. The van der Waals surface area contributed by atoms with E-state index in [2.05, 4.69) is 20.8 Å². The molecule has 6 heteroatoms. The van der Waals surface area contributed by atoms with Gasteiger partial charge in [-0.2, -0.15) is 4.31 Å². The second kappa shape index (κ2) is 5.84. The normalized spacial score (nSPS) is 17.1. The molecular formula is C12H24N2O2S2. The van der Waals surface area contributed by atoms with Crippen LogP contribution in [0.2, 0.25) is 0 Å². The van der Waals surface area contributed by atoms with Gasteiger partial charge in [0.1, 0.15) is 0 Å². The summed E-state index contributed by atoms with van der Waals surface area (Å²) in [5.74, 6) is 0.213. The van der Waals surface area contributed by atoms with E-state index >= 15 is 0 Å². The monoisotopic (exact) mass is 292 g/mol. The molecule has 0 unspecified atom stereocenters. The first-order valence-corrected chi connectivity index (χ1v) is 8.41. The van der Waals surface area contributed by atoms with Gasteiger partial charge in [-0.05, 0) is 24.7 Å². The maximum absolute atomic E-state index is 12.3. The van der Waals surface area contributed by atoms with Crippen LogP contribution in [-0.2, 0) is 10.0 Å². The molecule has 106 valence electrons. The van der Waals surface area contributed by atoms with E-state index in [0.717, 1.165) is 12.8 Å². The molecule has 18 heavy (non-hydrogen) atoms. The third kappa shape index (κ3) is 5.63. The Kier molecular flexibility index (Phi) is 5.14. The first kappa shape index (κ1) is 15.9. The van der Waals surface area contributed by atoms with E-state index in [0.29, 0.717) is 24.4 Å². The Labute approximate surface area is 116 Å². The predicted molar refractivity (Wildman–Crippen MR) is 79.0 cm³/mol. The minimum atomic E-state index is -3.17. The standard InChI is InChI=1S/C12H24N2O2S2/c1-12(2,3)7-9-18(15,16)14(10-4-5-10)8-6-11(13)17/h10H,4-9H2,1-3H3,(H2,13,17). The van der Waals surface area contributed by atoms with Crippen LogP contribution in [0.15, 0.2) is 0 Å². The van der Waals surface area contributed by atoms with Crippen molar-refractivity contribution >= 4 is 27.2 Å². The molecule has 0 aliphatic heterocycles. The predicted octanol–water partition coefficient (Wildman–Crippen LogP) is 1.89. The van der Waals surface area contributed by atoms with Gasteiger partial charge in [-0.25, -0.2) is 8.42 Å². The molecule has 0 aromatic heterocycles. The number of sulfonamides is 1. The first-order chi connectivity index (χ1) is 8.12. The van der Waals surface area contributed by atoms with Gasteiger partial charge in [0, 0.05) is 19.0 Å². The first-order valence-electron chi connectivity index (χ1n) is 6.40. The largest absolute Gasteiger partial charge is 0.393 e. The molecule has 0 atom stereocenters. The van der Waals surface area contributed by atoms with Crippen molar-refractivity contribution in [1.82, 2.24) is 4.31 Å². The molecule has 0 aromatic rings. The summed E-state index contributed by atoms with van der Waals surface area (Å²) in [5, 5.41) is 0. The Balaban J connectivity index is 2.62. The number of hydrogen-bond acceptors (Lipinski definition) is 3. The van der Waals surface area contributed by atoms with E-state index in [1.54, 1.807) is 4.31 Å². The van der Waals surface area contributed by atoms with Crippen molar-refractivity contribution in [3.8, 4) is 0 Å². The summed E-state index contributed by atoms with van der Waals surface area (Å²) in [6.07, 6.45) is 3.07. The fourth-order valence-electron chi connectivity index (χ4n) is 1.68. The molecule has 0 aromatic carbocycles. The van der Waals surface area contributed by atoms with Crippen LogP contribution in [-0.4, -0.2) is 36.1 Å². The van der Waals surface area contributed by atoms with Crippen LogP contribution in [0.25, 0.3) is 0 Å². The summed E-state index contributed by atoms with van der Waals surface area (Å²) in [4.78, 5) is 0.381. The van der Waals surface area contributed by atoms with Crippen molar-refractivity contribution in [3.05, 3.63) is 0 Å². The van der Waals surface area contributed by atoms with Crippen LogP contribution in [0.5, 0.6) is 0 Å². The topological polar surface area (TPSA) is 63.4 Å². The van der Waals surface area contributed by atoms with Gasteiger partial charge in [-0.15, -0.1) is 0 Å². The zero-order valence-electron chi connectivity index (χ0n) is 11.5. The zero-order chi connectivity index (χ0) is 14.0. The minimum absolute atomic E-state index is 0.0332. The van der Waals surface area contributed by atoms with E-state index in [-0.39, 0.29) is 17.2 Å². The van der Waals surface area contributed by atoms with Gasteiger partial charge in [0.25, 0.3) is 0 Å². The van der Waals surface area contributed by atoms with Crippen molar-refractivity contribution in [2.75, 3.05) is 12.3 Å². The average molecular weight is 292 g/mol. The second-order valence-corrected chi connectivity index (χ2v) is 8.75. The van der Waals surface area contributed by atoms with Gasteiger partial charge in [0.2, 0.25) is 10.0 Å². The lowest BCUT2D eigenvalue weighted by Gasteiger charge is -2.24. The smallest absolute Gasteiger partial charge is 0.214 e. The lowest BCUT2D eigenvalue weighted by molar-refractivity contribution is 0.377. The number of nitrogens with zero attached hydrogens (tertiary/aromatic N) is 1. The van der Waals surface area contributed by atoms with Crippen molar-refractivity contribution in [1.29, 1.82) is 0 Å². The highest BCUT2D eigenvalue weighted by Crippen LogP contribution is 2.31. The van der Waals surface area contributed by atoms with Crippen LogP contribution < -0.4 is 5.73 Å². The SMILES string of the molecule is CC(C)(C)CCS(=O)(=O)N(CCC(N)=S)C1CC1. The Hall–Kier alpha value is -0.200. The molecule has 1 rings (SSSR count). The van der Waals surface area contributed by atoms with Crippen LogP contribution in [0.1, 0.15) is 46.5 Å². The van der Waals surface area contributed by atoms with Gasteiger partial charge in [-0.1, -0.05) is 33.0 Å². The number of thiocarbonyl (C=S) groups is 1. The molecule has 1 fully saturated rings. The molecule has 4 nitrogen and oxygen atoms in total. The van der Waals surface area contributed by atoms with E-state index < -0.39 is 10.0 Å². The highest BCUT2D eigenvalue weighted by atomic mass is 32.2. The van der Waals surface area contributed by atoms with Crippen molar-refractivity contribution in [3.63, 3.8) is 0 Å². The number of rotatable bonds is 7. The Morgan fingerprint density at radius 3 is 2.33 bits per heavy atom. The van der Waals surface area contributed by atoms with E-state index in [1.165, 1.54) is 0 Å². The third-order valence-corrected chi connectivity index (χ3v) is 5.12. The van der Waals surface area contributed by atoms with Gasteiger partial charge in [0.15, 0.2) is 0 Å². The Morgan fingerprint density at radius 1 is 1.39 bits per heavy atom. The molecule has 1 aliphatic rings. The summed E-state index contributed by atoms with van der Waals surface area (Å²) in [7, 11) is -3.17. The van der Waals surface area contributed by atoms with Crippen molar-refractivity contribution < 1.29 is 8.42 Å². The van der Waals surface area contributed by atoms with Gasteiger partial charge in [-0.3, -0.25) is 0 Å². The van der Waals surface area contributed by atoms with Gasteiger partial charge >= 0.3 is 0 Å². The molecule has 2 N–H and O–H groups in total. The summed E-state index contributed by atoms with van der Waals surface area (Å²) in [5.41, 5.74) is 5.49. The second-order valence-electron chi connectivity index (χ2n) is 6.18. The molecular weight excluding hydrogens is 268 g/mol. The fraction of sp³-hybridized carbons (Fsp3) is 0.917. The van der Waals surface area contributed by atoms with Gasteiger partial charge < -0.3 is 5.73 Å². The molecule has 0 spiro atoms. The van der Waals surface area contributed by atoms with Gasteiger partial charge in [0.05, 0.1) is 10.7 Å². The van der Waals surface area contributed by atoms with E-state index in [4.69, 9.17) is 18.0 Å². The summed E-state index contributed by atoms with van der Waals surface area (Å²) >= 11 is 4.82. The molecule has 0 saturated heterocycles. The number of hydrogen-bond donors (Lipinski definition) is 1. The zero-order valence-corrected chi connectivity index (χ0v) is 13.1. The molecule has 1 aliphatic carbocycles. The number of nitrogens with two attached hydrogens (primary N) is 1. The Bertz CT molecular complexity index is 395. The van der Waals surface area contributed by atoms with Crippen molar-refractivity contribution in [2.24, 2.45) is 11.1 Å². The average Bonchev–Trinajstić information content (AvgIpc) is 2.97. The van der Waals surface area contributed by atoms with E-state index in [1.807, 2.05) is 0 Å². The lowest BCUT2D eigenvalue weighted by Crippen LogP contribution is -2.37. The quantitative estimate of drug-likeness (QED) is 0.728. The highest BCUT2D eigenvalue weighted by Gasteiger charge is 2.37. The third-order valence-electron chi connectivity index (χ3n) is 3.00. The molecule has 1 saturated carbocycles.